The molecular formula is C14H22N4O3. The highest BCUT2D eigenvalue weighted by Gasteiger charge is 2.24. The van der Waals surface area contributed by atoms with Gasteiger partial charge in [-0.2, -0.15) is 4.98 Å². The van der Waals surface area contributed by atoms with E-state index in [-0.39, 0.29) is 17.4 Å². The summed E-state index contributed by atoms with van der Waals surface area (Å²) in [6.45, 7) is 2.98. The molecule has 0 spiro atoms. The first kappa shape index (κ1) is 15.5. The van der Waals surface area contributed by atoms with Crippen LogP contribution in [0.15, 0.2) is 6.33 Å². The van der Waals surface area contributed by atoms with Crippen molar-refractivity contribution in [2.45, 2.75) is 39.0 Å². The van der Waals surface area contributed by atoms with Gasteiger partial charge in [0.2, 0.25) is 5.82 Å². The van der Waals surface area contributed by atoms with Crippen molar-refractivity contribution in [2.75, 3.05) is 19.0 Å². The van der Waals surface area contributed by atoms with Crippen molar-refractivity contribution in [2.24, 2.45) is 11.8 Å². The largest absolute Gasteiger partial charge is 0.476 e. The van der Waals surface area contributed by atoms with Gasteiger partial charge in [0.05, 0.1) is 12.0 Å². The fourth-order valence-electron chi connectivity index (χ4n) is 2.82. The first-order chi connectivity index (χ1) is 10.1. The summed E-state index contributed by atoms with van der Waals surface area (Å²) in [6, 6.07) is 0. The van der Waals surface area contributed by atoms with Crippen molar-refractivity contribution in [1.29, 1.82) is 0 Å². The van der Waals surface area contributed by atoms with E-state index < -0.39 is 4.92 Å². The van der Waals surface area contributed by atoms with Crippen molar-refractivity contribution in [3.05, 3.63) is 16.4 Å². The zero-order chi connectivity index (χ0) is 15.2. The minimum atomic E-state index is -0.510. The van der Waals surface area contributed by atoms with Crippen LogP contribution in [-0.2, 0) is 0 Å². The first-order valence-electron chi connectivity index (χ1n) is 7.39. The number of methoxy groups -OCH3 is 1. The molecule has 7 heteroatoms. The minimum absolute atomic E-state index is 0.0102. The molecule has 1 aromatic heterocycles. The molecule has 1 saturated carbocycles. The van der Waals surface area contributed by atoms with Gasteiger partial charge in [0.1, 0.15) is 6.33 Å². The quantitative estimate of drug-likeness (QED) is 0.640. The number of anilines is 1. The monoisotopic (exact) mass is 294 g/mol. The summed E-state index contributed by atoms with van der Waals surface area (Å²) in [7, 11) is 1.36. The fraction of sp³-hybridized carbons (Fsp3) is 0.714. The molecule has 1 N–H and O–H groups in total. The van der Waals surface area contributed by atoms with Gasteiger partial charge in [0.25, 0.3) is 5.88 Å². The summed E-state index contributed by atoms with van der Waals surface area (Å²) < 4.78 is 4.92. The molecule has 0 radical (unpaired) electrons. The Labute approximate surface area is 124 Å². The highest BCUT2D eigenvalue weighted by atomic mass is 16.6. The van der Waals surface area contributed by atoms with Crippen LogP contribution in [0.4, 0.5) is 11.5 Å². The van der Waals surface area contributed by atoms with Crippen LogP contribution in [0.2, 0.25) is 0 Å². The third kappa shape index (κ3) is 4.03. The van der Waals surface area contributed by atoms with Gasteiger partial charge in [-0.1, -0.05) is 32.6 Å². The Morgan fingerprint density at radius 3 is 2.71 bits per heavy atom. The van der Waals surface area contributed by atoms with Gasteiger partial charge in [-0.3, -0.25) is 10.1 Å². The van der Waals surface area contributed by atoms with E-state index in [1.165, 1.54) is 39.1 Å². The van der Waals surface area contributed by atoms with Crippen molar-refractivity contribution in [3.8, 4) is 5.88 Å². The normalized spacial score (nSPS) is 21.8. The Kier molecular flexibility index (Phi) is 5.30. The van der Waals surface area contributed by atoms with Crippen molar-refractivity contribution in [3.63, 3.8) is 0 Å². The molecule has 7 nitrogen and oxygen atoms in total. The Morgan fingerprint density at radius 1 is 1.38 bits per heavy atom. The number of rotatable bonds is 6. The second kappa shape index (κ2) is 7.19. The fourth-order valence-corrected chi connectivity index (χ4v) is 2.82. The number of ether oxygens (including phenoxy) is 1. The molecule has 21 heavy (non-hydrogen) atoms. The Balaban J connectivity index is 1.92. The van der Waals surface area contributed by atoms with E-state index in [0.717, 1.165) is 12.3 Å². The lowest BCUT2D eigenvalue weighted by atomic mass is 9.81. The molecule has 0 atom stereocenters. The van der Waals surface area contributed by atoms with Gasteiger partial charge in [0, 0.05) is 6.54 Å². The molecule has 0 aliphatic heterocycles. The average Bonchev–Trinajstić information content (AvgIpc) is 2.48. The van der Waals surface area contributed by atoms with E-state index in [1.54, 1.807) is 0 Å². The van der Waals surface area contributed by atoms with Gasteiger partial charge < -0.3 is 10.1 Å². The van der Waals surface area contributed by atoms with Crippen LogP contribution < -0.4 is 10.1 Å². The summed E-state index contributed by atoms with van der Waals surface area (Å²) in [5.41, 5.74) is -0.197. The molecule has 0 unspecified atom stereocenters. The van der Waals surface area contributed by atoms with Crippen LogP contribution in [0, 0.1) is 22.0 Å². The molecule has 1 aliphatic carbocycles. The summed E-state index contributed by atoms with van der Waals surface area (Å²) in [6.07, 6.45) is 7.35. The molecule has 116 valence electrons. The van der Waals surface area contributed by atoms with Crippen molar-refractivity contribution in [1.82, 2.24) is 9.97 Å². The summed E-state index contributed by atoms with van der Waals surface area (Å²) >= 11 is 0. The van der Waals surface area contributed by atoms with E-state index in [9.17, 15) is 10.1 Å². The number of hydrogen-bond acceptors (Lipinski definition) is 6. The van der Waals surface area contributed by atoms with Gasteiger partial charge >= 0.3 is 5.69 Å². The third-order valence-corrected chi connectivity index (χ3v) is 4.15. The lowest BCUT2D eigenvalue weighted by Gasteiger charge is -2.26. The van der Waals surface area contributed by atoms with Crippen LogP contribution in [0.25, 0.3) is 0 Å². The molecule has 0 aromatic carbocycles. The SMILES string of the molecule is COc1ncnc(NCCC2CCC(C)CC2)c1[N+](=O)[O-]. The summed E-state index contributed by atoms with van der Waals surface area (Å²) in [5.74, 6) is 1.76. The molecule has 0 bridgehead atoms. The van der Waals surface area contributed by atoms with Crippen LogP contribution in [0.5, 0.6) is 5.88 Å². The number of hydrogen-bond donors (Lipinski definition) is 1. The van der Waals surface area contributed by atoms with E-state index >= 15 is 0 Å². The maximum atomic E-state index is 11.1. The standard InChI is InChI=1S/C14H22N4O3/c1-10-3-5-11(6-4-10)7-8-15-13-12(18(19)20)14(21-2)17-9-16-13/h9-11H,3-8H2,1-2H3,(H,15,16,17). The summed E-state index contributed by atoms with van der Waals surface area (Å²) in [5, 5.41) is 14.2. The van der Waals surface area contributed by atoms with E-state index in [1.807, 2.05) is 0 Å². The number of aromatic nitrogens is 2. The Bertz CT molecular complexity index is 487. The van der Waals surface area contributed by atoms with Gasteiger partial charge in [-0.25, -0.2) is 4.98 Å². The molecule has 1 fully saturated rings. The maximum Gasteiger partial charge on any atom is 0.372 e. The van der Waals surface area contributed by atoms with Crippen LogP contribution in [0.1, 0.15) is 39.0 Å². The molecule has 2 rings (SSSR count). The van der Waals surface area contributed by atoms with Gasteiger partial charge in [-0.05, 0) is 18.3 Å². The highest BCUT2D eigenvalue weighted by Crippen LogP contribution is 2.32. The van der Waals surface area contributed by atoms with Crippen LogP contribution in [0.3, 0.4) is 0 Å². The average molecular weight is 294 g/mol. The second-order valence-electron chi connectivity index (χ2n) is 5.68. The molecular weight excluding hydrogens is 272 g/mol. The predicted octanol–water partition coefficient (Wildman–Crippen LogP) is 3.02. The maximum absolute atomic E-state index is 11.1. The van der Waals surface area contributed by atoms with Crippen molar-refractivity contribution >= 4 is 11.5 Å². The Hall–Kier alpha value is -1.92. The second-order valence-corrected chi connectivity index (χ2v) is 5.68. The number of nitrogens with zero attached hydrogens (tertiary/aromatic N) is 3. The molecule has 0 amide bonds. The lowest BCUT2D eigenvalue weighted by molar-refractivity contribution is -0.385. The Morgan fingerprint density at radius 2 is 2.10 bits per heavy atom. The van der Waals surface area contributed by atoms with Gasteiger partial charge in [-0.15, -0.1) is 0 Å². The number of nitrogens with one attached hydrogen (secondary N) is 1. The smallest absolute Gasteiger partial charge is 0.372 e. The lowest BCUT2D eigenvalue weighted by Crippen LogP contribution is -2.16. The van der Waals surface area contributed by atoms with E-state index in [0.29, 0.717) is 12.5 Å². The highest BCUT2D eigenvalue weighted by molar-refractivity contribution is 5.60. The topological polar surface area (TPSA) is 90.2 Å². The zero-order valence-corrected chi connectivity index (χ0v) is 12.5. The minimum Gasteiger partial charge on any atom is -0.476 e. The van der Waals surface area contributed by atoms with Gasteiger partial charge in [0.15, 0.2) is 0 Å². The number of nitro groups is 1. The van der Waals surface area contributed by atoms with Crippen LogP contribution >= 0.6 is 0 Å². The molecule has 0 saturated heterocycles. The zero-order valence-electron chi connectivity index (χ0n) is 12.5. The van der Waals surface area contributed by atoms with Crippen molar-refractivity contribution < 1.29 is 9.66 Å². The summed E-state index contributed by atoms with van der Waals surface area (Å²) in [4.78, 5) is 18.3. The molecule has 1 heterocycles. The third-order valence-electron chi connectivity index (χ3n) is 4.15. The van der Waals surface area contributed by atoms with Crippen LogP contribution in [-0.4, -0.2) is 28.5 Å². The molecule has 1 aliphatic rings. The molecule has 1 aromatic rings. The first-order valence-corrected chi connectivity index (χ1v) is 7.39. The van der Waals surface area contributed by atoms with E-state index in [2.05, 4.69) is 22.2 Å². The van der Waals surface area contributed by atoms with E-state index in [4.69, 9.17) is 4.74 Å². The predicted molar refractivity (Wildman–Crippen MR) is 79.5 cm³/mol.